The minimum atomic E-state index is -0.988. The molecule has 0 radical (unpaired) electrons. The normalized spacial score (nSPS) is 14.7. The molecule has 0 fully saturated rings. The first-order valence-electron chi connectivity index (χ1n) is 4.89. The molecule has 84 valence electrons. The highest BCUT2D eigenvalue weighted by molar-refractivity contribution is 6.30. The highest BCUT2D eigenvalue weighted by Gasteiger charge is 2.23. The molecule has 0 aliphatic rings. The fourth-order valence-electron chi connectivity index (χ4n) is 1.53. The molecular weight excluding hydrogens is 226 g/mol. The Kier molecular flexibility index (Phi) is 2.94. The van der Waals surface area contributed by atoms with Crippen LogP contribution in [0.4, 0.5) is 0 Å². The Morgan fingerprint density at radius 1 is 1.38 bits per heavy atom. The summed E-state index contributed by atoms with van der Waals surface area (Å²) in [7, 11) is 0. The van der Waals surface area contributed by atoms with Gasteiger partial charge in [0.25, 0.3) is 0 Å². The Hall–Kier alpha value is -1.39. The molecule has 0 saturated heterocycles. The van der Waals surface area contributed by atoms with Crippen molar-refractivity contribution in [3.05, 3.63) is 47.5 Å². The van der Waals surface area contributed by atoms with Crippen molar-refractivity contribution in [3.63, 3.8) is 0 Å². The van der Waals surface area contributed by atoms with Crippen LogP contribution in [0, 0.1) is 0 Å². The highest BCUT2D eigenvalue weighted by atomic mass is 35.5. The van der Waals surface area contributed by atoms with Crippen molar-refractivity contribution >= 4 is 11.6 Å². The first kappa shape index (κ1) is 11.1. The molecule has 1 aromatic heterocycles. The van der Waals surface area contributed by atoms with Crippen LogP contribution in [-0.4, -0.2) is 19.9 Å². The average molecular weight is 238 g/mol. The predicted octanol–water partition coefficient (Wildman–Crippen LogP) is 1.84. The quantitative estimate of drug-likeness (QED) is 0.886. The van der Waals surface area contributed by atoms with Gasteiger partial charge in [0.05, 0.1) is 6.54 Å². The van der Waals surface area contributed by atoms with Gasteiger partial charge in [-0.3, -0.25) is 0 Å². The molecule has 5 heteroatoms. The second-order valence-corrected chi connectivity index (χ2v) is 4.31. The third kappa shape index (κ3) is 2.40. The number of aromatic nitrogens is 3. The van der Waals surface area contributed by atoms with Crippen molar-refractivity contribution in [2.45, 2.75) is 19.1 Å². The number of aliphatic hydroxyl groups is 1. The molecule has 0 bridgehead atoms. The lowest BCUT2D eigenvalue weighted by molar-refractivity contribution is 0.0345. The van der Waals surface area contributed by atoms with Gasteiger partial charge in [-0.1, -0.05) is 23.7 Å². The van der Waals surface area contributed by atoms with E-state index >= 15 is 0 Å². The van der Waals surface area contributed by atoms with Gasteiger partial charge in [-0.05, 0) is 24.6 Å². The van der Waals surface area contributed by atoms with E-state index in [-0.39, 0.29) is 0 Å². The van der Waals surface area contributed by atoms with Gasteiger partial charge >= 0.3 is 0 Å². The molecule has 0 spiro atoms. The fraction of sp³-hybridized carbons (Fsp3) is 0.273. The van der Waals surface area contributed by atoms with Gasteiger partial charge in [0.2, 0.25) is 0 Å². The molecule has 0 saturated carbocycles. The van der Waals surface area contributed by atoms with Crippen LogP contribution in [0.1, 0.15) is 12.5 Å². The third-order valence-electron chi connectivity index (χ3n) is 2.40. The van der Waals surface area contributed by atoms with Crippen molar-refractivity contribution in [1.29, 1.82) is 0 Å². The maximum Gasteiger partial charge on any atom is 0.137 e. The van der Waals surface area contributed by atoms with Gasteiger partial charge in [0.15, 0.2) is 0 Å². The van der Waals surface area contributed by atoms with Crippen molar-refractivity contribution in [1.82, 2.24) is 14.8 Å². The molecule has 0 amide bonds. The first-order chi connectivity index (χ1) is 7.58. The summed E-state index contributed by atoms with van der Waals surface area (Å²) in [5.74, 6) is 0. The topological polar surface area (TPSA) is 50.9 Å². The number of rotatable bonds is 3. The van der Waals surface area contributed by atoms with Gasteiger partial charge in [-0.25, -0.2) is 9.67 Å². The Bertz CT molecular complexity index is 451. The van der Waals surface area contributed by atoms with Gasteiger partial charge in [0, 0.05) is 5.02 Å². The monoisotopic (exact) mass is 237 g/mol. The Morgan fingerprint density at radius 2 is 2.06 bits per heavy atom. The predicted molar refractivity (Wildman–Crippen MR) is 61.0 cm³/mol. The Morgan fingerprint density at radius 3 is 2.62 bits per heavy atom. The summed E-state index contributed by atoms with van der Waals surface area (Å²) in [6.45, 7) is 2.09. The zero-order valence-corrected chi connectivity index (χ0v) is 9.59. The lowest BCUT2D eigenvalue weighted by Crippen LogP contribution is -2.27. The maximum atomic E-state index is 10.3. The highest BCUT2D eigenvalue weighted by Crippen LogP contribution is 2.23. The van der Waals surface area contributed by atoms with Gasteiger partial charge in [-0.2, -0.15) is 5.10 Å². The van der Waals surface area contributed by atoms with Gasteiger partial charge in [0.1, 0.15) is 18.3 Å². The summed E-state index contributed by atoms with van der Waals surface area (Å²) in [4.78, 5) is 3.83. The first-order valence-corrected chi connectivity index (χ1v) is 5.26. The van der Waals surface area contributed by atoms with Crippen LogP contribution in [0.3, 0.4) is 0 Å². The van der Waals surface area contributed by atoms with E-state index in [1.54, 1.807) is 42.2 Å². The van der Waals surface area contributed by atoms with Crippen LogP contribution in [0.5, 0.6) is 0 Å². The Balaban J connectivity index is 2.21. The molecule has 1 unspecified atom stereocenters. The van der Waals surface area contributed by atoms with E-state index in [9.17, 15) is 5.11 Å². The van der Waals surface area contributed by atoms with Crippen LogP contribution >= 0.6 is 11.6 Å². The fourth-order valence-corrected chi connectivity index (χ4v) is 1.66. The van der Waals surface area contributed by atoms with Crippen molar-refractivity contribution in [2.24, 2.45) is 0 Å². The zero-order valence-electron chi connectivity index (χ0n) is 8.84. The number of hydrogen-bond acceptors (Lipinski definition) is 3. The molecule has 0 aliphatic carbocycles. The molecule has 16 heavy (non-hydrogen) atoms. The summed E-state index contributed by atoms with van der Waals surface area (Å²) >= 11 is 5.80. The largest absolute Gasteiger partial charge is 0.384 e. The van der Waals surface area contributed by atoms with Crippen LogP contribution in [-0.2, 0) is 12.1 Å². The molecule has 0 aliphatic heterocycles. The van der Waals surface area contributed by atoms with E-state index in [0.29, 0.717) is 11.6 Å². The maximum absolute atomic E-state index is 10.3. The van der Waals surface area contributed by atoms with E-state index in [0.717, 1.165) is 5.56 Å². The second-order valence-electron chi connectivity index (χ2n) is 3.87. The Labute approximate surface area is 98.5 Å². The van der Waals surface area contributed by atoms with E-state index < -0.39 is 5.60 Å². The number of halogens is 1. The second kappa shape index (κ2) is 4.23. The summed E-state index contributed by atoms with van der Waals surface area (Å²) in [6.07, 6.45) is 3.02. The van der Waals surface area contributed by atoms with Crippen LogP contribution in [0.2, 0.25) is 5.02 Å². The molecule has 1 aromatic carbocycles. The molecule has 4 nitrogen and oxygen atoms in total. The average Bonchev–Trinajstić information content (AvgIpc) is 2.70. The van der Waals surface area contributed by atoms with Gasteiger partial charge < -0.3 is 5.11 Å². The summed E-state index contributed by atoms with van der Waals surface area (Å²) < 4.78 is 1.59. The minimum absolute atomic E-state index is 0.356. The molecule has 2 rings (SSSR count). The van der Waals surface area contributed by atoms with Crippen molar-refractivity contribution in [3.8, 4) is 0 Å². The summed E-state index contributed by atoms with van der Waals surface area (Å²) in [6, 6.07) is 7.12. The summed E-state index contributed by atoms with van der Waals surface area (Å²) in [5, 5.41) is 14.9. The van der Waals surface area contributed by atoms with E-state index in [1.807, 2.05) is 0 Å². The number of hydrogen-bond donors (Lipinski definition) is 1. The molecule has 1 atom stereocenters. The van der Waals surface area contributed by atoms with E-state index in [4.69, 9.17) is 11.6 Å². The van der Waals surface area contributed by atoms with Gasteiger partial charge in [-0.15, -0.1) is 0 Å². The lowest BCUT2D eigenvalue weighted by Gasteiger charge is -2.23. The number of benzene rings is 1. The third-order valence-corrected chi connectivity index (χ3v) is 2.65. The molecular formula is C11H12ClN3O. The van der Waals surface area contributed by atoms with E-state index in [1.165, 1.54) is 6.33 Å². The number of nitrogens with zero attached hydrogens (tertiary/aromatic N) is 3. The SMILES string of the molecule is CC(O)(Cn1cncn1)c1ccc(Cl)cc1. The van der Waals surface area contributed by atoms with Crippen LogP contribution in [0.25, 0.3) is 0 Å². The molecule has 1 heterocycles. The van der Waals surface area contributed by atoms with Crippen LogP contribution in [0.15, 0.2) is 36.9 Å². The molecule has 1 N–H and O–H groups in total. The summed E-state index contributed by atoms with van der Waals surface area (Å²) in [5.41, 5.74) is -0.189. The zero-order chi connectivity index (χ0) is 11.6. The van der Waals surface area contributed by atoms with Crippen molar-refractivity contribution in [2.75, 3.05) is 0 Å². The standard InChI is InChI=1S/C11H12ClN3O/c1-11(16,6-15-8-13-7-14-15)9-2-4-10(12)5-3-9/h2-5,7-8,16H,6H2,1H3. The minimum Gasteiger partial charge on any atom is -0.384 e. The van der Waals surface area contributed by atoms with Crippen molar-refractivity contribution < 1.29 is 5.11 Å². The van der Waals surface area contributed by atoms with E-state index in [2.05, 4.69) is 10.1 Å². The lowest BCUT2D eigenvalue weighted by atomic mass is 9.96. The molecule has 2 aromatic rings. The van der Waals surface area contributed by atoms with Crippen LogP contribution < -0.4 is 0 Å². The smallest absolute Gasteiger partial charge is 0.137 e.